The summed E-state index contributed by atoms with van der Waals surface area (Å²) in [6, 6.07) is 2.37. The maximum atomic E-state index is 12.8. The molecule has 0 bridgehead atoms. The molecule has 0 atom stereocenters. The predicted molar refractivity (Wildman–Crippen MR) is 73.4 cm³/mol. The minimum absolute atomic E-state index is 0.0815. The molecule has 2 N–H and O–H groups in total. The fourth-order valence-corrected chi connectivity index (χ4v) is 1.48. The van der Waals surface area contributed by atoms with Crippen LogP contribution in [0.3, 0.4) is 0 Å². The summed E-state index contributed by atoms with van der Waals surface area (Å²) in [6.45, 7) is 2.90. The number of carbonyl (C=O) groups is 3. The van der Waals surface area contributed by atoms with E-state index in [1.807, 2.05) is 5.32 Å². The molecular formula is C13H12ClFN2O4. The fraction of sp³-hybridized carbons (Fsp3) is 0.154. The topological polar surface area (TPSA) is 84.5 Å². The highest BCUT2D eigenvalue weighted by molar-refractivity contribution is 6.33. The summed E-state index contributed by atoms with van der Waals surface area (Å²) >= 11 is 5.67. The standard InChI is InChI=1S/C13H12ClFN2O4/c1-2-5-16-13(20)17-11(18)7-21-12(19)9-4-3-8(15)6-10(9)14/h2-4,6H,1,5,7H2,(H2,16,17,18,20). The maximum absolute atomic E-state index is 12.8. The number of imide groups is 1. The Bertz CT molecular complexity index is 577. The molecule has 1 aromatic carbocycles. The van der Waals surface area contributed by atoms with Crippen molar-refractivity contribution in [2.45, 2.75) is 0 Å². The molecule has 6 nitrogen and oxygen atoms in total. The second-order valence-electron chi connectivity index (χ2n) is 3.75. The Morgan fingerprint density at radius 3 is 2.71 bits per heavy atom. The molecule has 0 saturated heterocycles. The molecule has 112 valence electrons. The van der Waals surface area contributed by atoms with Gasteiger partial charge in [-0.15, -0.1) is 6.58 Å². The van der Waals surface area contributed by atoms with Gasteiger partial charge in [0, 0.05) is 6.54 Å². The van der Waals surface area contributed by atoms with Crippen LogP contribution in [0.5, 0.6) is 0 Å². The number of hydrogen-bond donors (Lipinski definition) is 2. The lowest BCUT2D eigenvalue weighted by Gasteiger charge is -2.07. The van der Waals surface area contributed by atoms with Crippen LogP contribution in [0.1, 0.15) is 10.4 Å². The molecule has 21 heavy (non-hydrogen) atoms. The molecule has 0 unspecified atom stereocenters. The molecule has 3 amide bonds. The van der Waals surface area contributed by atoms with Crippen LogP contribution in [-0.4, -0.2) is 31.1 Å². The number of rotatable bonds is 5. The normalized spacial score (nSPS) is 9.62. The quantitative estimate of drug-likeness (QED) is 0.639. The highest BCUT2D eigenvalue weighted by Crippen LogP contribution is 2.17. The number of esters is 1. The number of ether oxygens (including phenoxy) is 1. The van der Waals surface area contributed by atoms with Gasteiger partial charge in [-0.2, -0.15) is 0 Å². The van der Waals surface area contributed by atoms with Crippen molar-refractivity contribution < 1.29 is 23.5 Å². The lowest BCUT2D eigenvalue weighted by Crippen LogP contribution is -2.41. The van der Waals surface area contributed by atoms with Gasteiger partial charge >= 0.3 is 12.0 Å². The zero-order valence-corrected chi connectivity index (χ0v) is 11.6. The number of benzene rings is 1. The second kappa shape index (κ2) is 8.01. The number of amides is 3. The summed E-state index contributed by atoms with van der Waals surface area (Å²) in [7, 11) is 0. The van der Waals surface area contributed by atoms with Crippen LogP contribution in [0.15, 0.2) is 30.9 Å². The fourth-order valence-electron chi connectivity index (χ4n) is 1.24. The van der Waals surface area contributed by atoms with Gasteiger partial charge in [0.15, 0.2) is 6.61 Å². The number of carbonyl (C=O) groups excluding carboxylic acids is 3. The first kappa shape index (κ1) is 16.6. The number of halogens is 2. The summed E-state index contributed by atoms with van der Waals surface area (Å²) < 4.78 is 17.5. The molecule has 0 aliphatic heterocycles. The Balaban J connectivity index is 2.47. The average Bonchev–Trinajstić information content (AvgIpc) is 2.42. The van der Waals surface area contributed by atoms with Gasteiger partial charge in [-0.1, -0.05) is 17.7 Å². The van der Waals surface area contributed by atoms with Crippen molar-refractivity contribution in [2.75, 3.05) is 13.2 Å². The molecular weight excluding hydrogens is 303 g/mol. The SMILES string of the molecule is C=CCNC(=O)NC(=O)COC(=O)c1ccc(F)cc1Cl. The van der Waals surface area contributed by atoms with E-state index in [9.17, 15) is 18.8 Å². The van der Waals surface area contributed by atoms with Crippen molar-refractivity contribution in [2.24, 2.45) is 0 Å². The van der Waals surface area contributed by atoms with Crippen molar-refractivity contribution in [1.82, 2.24) is 10.6 Å². The summed E-state index contributed by atoms with van der Waals surface area (Å²) in [5, 5.41) is 4.11. The molecule has 0 heterocycles. The summed E-state index contributed by atoms with van der Waals surface area (Å²) in [5.41, 5.74) is -0.0815. The first-order chi connectivity index (χ1) is 9.93. The van der Waals surface area contributed by atoms with Crippen molar-refractivity contribution >= 4 is 29.5 Å². The van der Waals surface area contributed by atoms with Crippen molar-refractivity contribution in [3.63, 3.8) is 0 Å². The first-order valence-corrected chi connectivity index (χ1v) is 6.12. The summed E-state index contributed by atoms with van der Waals surface area (Å²) in [4.78, 5) is 34.1. The lowest BCUT2D eigenvalue weighted by molar-refractivity contribution is -0.123. The highest BCUT2D eigenvalue weighted by atomic mass is 35.5. The molecule has 0 spiro atoms. The molecule has 0 aliphatic rings. The van der Waals surface area contributed by atoms with Gasteiger partial charge in [-0.25, -0.2) is 14.0 Å². The van der Waals surface area contributed by atoms with E-state index in [0.29, 0.717) is 0 Å². The zero-order valence-electron chi connectivity index (χ0n) is 10.8. The molecule has 1 aromatic rings. The summed E-state index contributed by atoms with van der Waals surface area (Å²) in [6.07, 6.45) is 1.43. The molecule has 8 heteroatoms. The minimum atomic E-state index is -0.901. The van der Waals surface area contributed by atoms with Gasteiger partial charge in [0.05, 0.1) is 10.6 Å². The third-order valence-electron chi connectivity index (χ3n) is 2.15. The number of hydrogen-bond acceptors (Lipinski definition) is 4. The van der Waals surface area contributed by atoms with Crippen molar-refractivity contribution in [3.8, 4) is 0 Å². The number of urea groups is 1. The first-order valence-electron chi connectivity index (χ1n) is 5.74. The molecule has 0 saturated carbocycles. The van der Waals surface area contributed by atoms with Gasteiger partial charge in [0.25, 0.3) is 5.91 Å². The zero-order chi connectivity index (χ0) is 15.8. The maximum Gasteiger partial charge on any atom is 0.340 e. The van der Waals surface area contributed by atoms with Gasteiger partial charge in [0.2, 0.25) is 0 Å². The minimum Gasteiger partial charge on any atom is -0.452 e. The smallest absolute Gasteiger partial charge is 0.340 e. The molecule has 1 rings (SSSR count). The lowest BCUT2D eigenvalue weighted by atomic mass is 10.2. The molecule has 0 fully saturated rings. The number of nitrogens with one attached hydrogen (secondary N) is 2. The van der Waals surface area contributed by atoms with Crippen molar-refractivity contribution in [1.29, 1.82) is 0 Å². The Morgan fingerprint density at radius 1 is 1.38 bits per heavy atom. The van der Waals surface area contributed by atoms with Crippen LogP contribution in [0.4, 0.5) is 9.18 Å². The van der Waals surface area contributed by atoms with E-state index >= 15 is 0 Å². The predicted octanol–water partition coefficient (Wildman–Crippen LogP) is 1.65. The van der Waals surface area contributed by atoms with E-state index in [1.165, 1.54) is 6.08 Å². The second-order valence-corrected chi connectivity index (χ2v) is 4.15. The van der Waals surface area contributed by atoms with Crippen LogP contribution in [0.2, 0.25) is 5.02 Å². The Morgan fingerprint density at radius 2 is 2.10 bits per heavy atom. The average molecular weight is 315 g/mol. The van der Waals surface area contributed by atoms with Gasteiger partial charge in [0.1, 0.15) is 5.82 Å². The van der Waals surface area contributed by atoms with Gasteiger partial charge < -0.3 is 10.1 Å². The monoisotopic (exact) mass is 314 g/mol. The largest absolute Gasteiger partial charge is 0.452 e. The third kappa shape index (κ3) is 5.62. The Kier molecular flexibility index (Phi) is 6.35. The highest BCUT2D eigenvalue weighted by Gasteiger charge is 2.15. The van der Waals surface area contributed by atoms with E-state index in [-0.39, 0.29) is 17.1 Å². The van der Waals surface area contributed by atoms with Crippen LogP contribution >= 0.6 is 11.6 Å². The van der Waals surface area contributed by atoms with E-state index < -0.39 is 30.3 Å². The van der Waals surface area contributed by atoms with Gasteiger partial charge in [-0.3, -0.25) is 10.1 Å². The van der Waals surface area contributed by atoms with E-state index in [2.05, 4.69) is 16.6 Å². The van der Waals surface area contributed by atoms with Crippen LogP contribution in [0.25, 0.3) is 0 Å². The van der Waals surface area contributed by atoms with Crippen LogP contribution < -0.4 is 10.6 Å². The third-order valence-corrected chi connectivity index (χ3v) is 2.46. The molecule has 0 aromatic heterocycles. The van der Waals surface area contributed by atoms with E-state index in [1.54, 1.807) is 0 Å². The Labute approximate surface area is 124 Å². The molecule has 0 radical (unpaired) electrons. The molecule has 0 aliphatic carbocycles. The summed E-state index contributed by atoms with van der Waals surface area (Å²) in [5.74, 6) is -2.32. The van der Waals surface area contributed by atoms with E-state index in [0.717, 1.165) is 18.2 Å². The Hall–Kier alpha value is -2.41. The van der Waals surface area contributed by atoms with Crippen LogP contribution in [0, 0.1) is 5.82 Å². The van der Waals surface area contributed by atoms with Crippen molar-refractivity contribution in [3.05, 3.63) is 47.3 Å². The van der Waals surface area contributed by atoms with Crippen LogP contribution in [-0.2, 0) is 9.53 Å². The van der Waals surface area contributed by atoms with Gasteiger partial charge in [-0.05, 0) is 18.2 Å². The van der Waals surface area contributed by atoms with E-state index in [4.69, 9.17) is 11.6 Å².